The number of carboxylic acid groups (broad SMARTS) is 1. The minimum Gasteiger partial charge on any atom is -0.481 e. The molecule has 0 aromatic heterocycles. The van der Waals surface area contributed by atoms with E-state index >= 15 is 0 Å². The second kappa shape index (κ2) is 5.10. The van der Waals surface area contributed by atoms with E-state index in [1.165, 1.54) is 6.07 Å². The molecule has 1 aromatic carbocycles. The van der Waals surface area contributed by atoms with Crippen LogP contribution in [0.1, 0.15) is 37.8 Å². The lowest BCUT2D eigenvalue weighted by molar-refractivity contribution is -0.138. The van der Waals surface area contributed by atoms with Crippen molar-refractivity contribution >= 4 is 5.97 Å². The number of halogens is 1. The van der Waals surface area contributed by atoms with Gasteiger partial charge in [-0.2, -0.15) is 0 Å². The van der Waals surface area contributed by atoms with E-state index in [9.17, 15) is 9.18 Å². The smallest absolute Gasteiger partial charge is 0.310 e. The van der Waals surface area contributed by atoms with Gasteiger partial charge in [0.25, 0.3) is 0 Å². The van der Waals surface area contributed by atoms with Crippen molar-refractivity contribution in [2.24, 2.45) is 5.92 Å². The van der Waals surface area contributed by atoms with E-state index in [0.717, 1.165) is 0 Å². The largest absolute Gasteiger partial charge is 0.481 e. The fourth-order valence-corrected chi connectivity index (χ4v) is 1.58. The van der Waals surface area contributed by atoms with Crippen LogP contribution < -0.4 is 0 Å². The zero-order chi connectivity index (χ0) is 12.3. The first-order valence-corrected chi connectivity index (χ1v) is 5.43. The highest BCUT2D eigenvalue weighted by atomic mass is 19.1. The maximum Gasteiger partial charge on any atom is 0.310 e. The Bertz CT molecular complexity index is 386. The quantitative estimate of drug-likeness (QED) is 0.852. The van der Waals surface area contributed by atoms with Crippen molar-refractivity contribution < 1.29 is 14.3 Å². The third-order valence-electron chi connectivity index (χ3n) is 2.58. The Balaban J connectivity index is 2.95. The van der Waals surface area contributed by atoms with Crippen molar-refractivity contribution in [2.45, 2.75) is 33.1 Å². The molecule has 0 amide bonds. The SMILES string of the molecule is CC(C)Cc1ccc(C(C)C(=O)O)cc1F. The Morgan fingerprint density at radius 2 is 2.00 bits per heavy atom. The average Bonchev–Trinajstić information content (AvgIpc) is 2.19. The first-order chi connectivity index (χ1) is 7.41. The molecule has 0 bridgehead atoms. The molecule has 0 aliphatic rings. The van der Waals surface area contributed by atoms with Gasteiger partial charge in [0.1, 0.15) is 5.82 Å². The normalized spacial score (nSPS) is 12.8. The van der Waals surface area contributed by atoms with E-state index in [-0.39, 0.29) is 5.82 Å². The van der Waals surface area contributed by atoms with Gasteiger partial charge < -0.3 is 5.11 Å². The van der Waals surface area contributed by atoms with Gasteiger partial charge in [0.2, 0.25) is 0 Å². The van der Waals surface area contributed by atoms with Crippen molar-refractivity contribution in [1.82, 2.24) is 0 Å². The second-order valence-corrected chi connectivity index (χ2v) is 4.51. The summed E-state index contributed by atoms with van der Waals surface area (Å²) in [5.41, 5.74) is 1.16. The van der Waals surface area contributed by atoms with Crippen LogP contribution >= 0.6 is 0 Å². The zero-order valence-corrected chi connectivity index (χ0v) is 9.83. The molecular weight excluding hydrogens is 207 g/mol. The molecule has 16 heavy (non-hydrogen) atoms. The molecule has 0 radical (unpaired) electrons. The van der Waals surface area contributed by atoms with Crippen LogP contribution in [0, 0.1) is 11.7 Å². The number of carboxylic acids is 1. The molecule has 1 atom stereocenters. The summed E-state index contributed by atoms with van der Waals surface area (Å²) in [5, 5.41) is 8.82. The molecule has 1 aromatic rings. The molecule has 1 N–H and O–H groups in total. The Morgan fingerprint density at radius 1 is 1.38 bits per heavy atom. The van der Waals surface area contributed by atoms with Gasteiger partial charge in [0, 0.05) is 0 Å². The van der Waals surface area contributed by atoms with Gasteiger partial charge in [-0.1, -0.05) is 26.0 Å². The number of benzene rings is 1. The number of hydrogen-bond donors (Lipinski definition) is 1. The first kappa shape index (κ1) is 12.7. The van der Waals surface area contributed by atoms with Crippen molar-refractivity contribution in [3.8, 4) is 0 Å². The number of carbonyl (C=O) groups is 1. The number of aliphatic carboxylic acids is 1. The van der Waals surface area contributed by atoms with Gasteiger partial charge in [-0.25, -0.2) is 4.39 Å². The summed E-state index contributed by atoms with van der Waals surface area (Å²) in [5.74, 6) is -1.52. The Labute approximate surface area is 95.1 Å². The average molecular weight is 224 g/mol. The predicted molar refractivity (Wildman–Crippen MR) is 61.0 cm³/mol. The highest BCUT2D eigenvalue weighted by molar-refractivity contribution is 5.75. The molecule has 2 nitrogen and oxygen atoms in total. The highest BCUT2D eigenvalue weighted by Crippen LogP contribution is 2.20. The van der Waals surface area contributed by atoms with E-state index < -0.39 is 11.9 Å². The van der Waals surface area contributed by atoms with Crippen LogP contribution in [0.15, 0.2) is 18.2 Å². The molecule has 0 saturated carbocycles. The van der Waals surface area contributed by atoms with Crippen LogP contribution in [-0.4, -0.2) is 11.1 Å². The molecular formula is C13H17FO2. The maximum absolute atomic E-state index is 13.6. The molecule has 0 spiro atoms. The van der Waals surface area contributed by atoms with Crippen molar-refractivity contribution in [2.75, 3.05) is 0 Å². The lowest BCUT2D eigenvalue weighted by atomic mass is 9.96. The Hall–Kier alpha value is -1.38. The molecule has 3 heteroatoms. The van der Waals surface area contributed by atoms with Crippen LogP contribution in [0.4, 0.5) is 4.39 Å². The number of rotatable bonds is 4. The standard InChI is InChI=1S/C13H17FO2/c1-8(2)6-11-5-4-10(7-12(11)14)9(3)13(15)16/h4-5,7-9H,6H2,1-3H3,(H,15,16). The lowest BCUT2D eigenvalue weighted by Gasteiger charge is -2.10. The van der Waals surface area contributed by atoms with Crippen LogP contribution in [0.2, 0.25) is 0 Å². The molecule has 0 fully saturated rings. The molecule has 0 heterocycles. The minimum absolute atomic E-state index is 0.306. The van der Waals surface area contributed by atoms with Crippen LogP contribution in [0.25, 0.3) is 0 Å². The van der Waals surface area contributed by atoms with Gasteiger partial charge in [0.15, 0.2) is 0 Å². The number of hydrogen-bond acceptors (Lipinski definition) is 1. The predicted octanol–water partition coefficient (Wildman–Crippen LogP) is 3.21. The van der Waals surface area contributed by atoms with E-state index in [1.54, 1.807) is 19.1 Å². The molecule has 0 aliphatic heterocycles. The zero-order valence-electron chi connectivity index (χ0n) is 9.83. The van der Waals surface area contributed by atoms with Gasteiger partial charge in [-0.3, -0.25) is 4.79 Å². The summed E-state index contributed by atoms with van der Waals surface area (Å²) in [6, 6.07) is 4.71. The highest BCUT2D eigenvalue weighted by Gasteiger charge is 2.15. The third-order valence-corrected chi connectivity index (χ3v) is 2.58. The topological polar surface area (TPSA) is 37.3 Å². The molecule has 1 rings (SSSR count). The molecule has 1 unspecified atom stereocenters. The van der Waals surface area contributed by atoms with Crippen molar-refractivity contribution in [1.29, 1.82) is 0 Å². The fraction of sp³-hybridized carbons (Fsp3) is 0.462. The summed E-state index contributed by atoms with van der Waals surface area (Å²) in [6.45, 7) is 5.60. The molecule has 88 valence electrons. The van der Waals surface area contributed by atoms with Crippen molar-refractivity contribution in [3.05, 3.63) is 35.1 Å². The summed E-state index contributed by atoms with van der Waals surface area (Å²) in [6.07, 6.45) is 0.674. The third kappa shape index (κ3) is 3.05. The summed E-state index contributed by atoms with van der Waals surface area (Å²) >= 11 is 0. The van der Waals surface area contributed by atoms with E-state index in [2.05, 4.69) is 0 Å². The first-order valence-electron chi connectivity index (χ1n) is 5.43. The molecule has 0 saturated heterocycles. The summed E-state index contributed by atoms with van der Waals surface area (Å²) in [7, 11) is 0. The Kier molecular flexibility index (Phi) is 4.05. The lowest BCUT2D eigenvalue weighted by Crippen LogP contribution is -2.08. The van der Waals surface area contributed by atoms with E-state index in [0.29, 0.717) is 23.5 Å². The second-order valence-electron chi connectivity index (χ2n) is 4.51. The van der Waals surface area contributed by atoms with Crippen LogP contribution in [0.3, 0.4) is 0 Å². The van der Waals surface area contributed by atoms with Gasteiger partial charge >= 0.3 is 5.97 Å². The van der Waals surface area contributed by atoms with Gasteiger partial charge in [-0.05, 0) is 36.5 Å². The van der Waals surface area contributed by atoms with Crippen molar-refractivity contribution in [3.63, 3.8) is 0 Å². The van der Waals surface area contributed by atoms with E-state index in [1.807, 2.05) is 13.8 Å². The summed E-state index contributed by atoms with van der Waals surface area (Å²) in [4.78, 5) is 10.8. The fourth-order valence-electron chi connectivity index (χ4n) is 1.58. The van der Waals surface area contributed by atoms with E-state index in [4.69, 9.17) is 5.11 Å². The van der Waals surface area contributed by atoms with Crippen LogP contribution in [-0.2, 0) is 11.2 Å². The monoisotopic (exact) mass is 224 g/mol. The minimum atomic E-state index is -0.934. The molecule has 0 aliphatic carbocycles. The maximum atomic E-state index is 13.6. The van der Waals surface area contributed by atoms with Gasteiger partial charge in [0.05, 0.1) is 5.92 Å². The van der Waals surface area contributed by atoms with Gasteiger partial charge in [-0.15, -0.1) is 0 Å². The Morgan fingerprint density at radius 3 is 2.44 bits per heavy atom. The van der Waals surface area contributed by atoms with Crippen LogP contribution in [0.5, 0.6) is 0 Å². The summed E-state index contributed by atoms with van der Waals surface area (Å²) < 4.78 is 13.6.